The van der Waals surface area contributed by atoms with Gasteiger partial charge < -0.3 is 10.6 Å². The second kappa shape index (κ2) is 4.73. The zero-order valence-electron chi connectivity index (χ0n) is 11.6. The van der Waals surface area contributed by atoms with Crippen molar-refractivity contribution in [2.24, 2.45) is 0 Å². The number of aromatic nitrogens is 4. The largest absolute Gasteiger partial charge is 0.398 e. The molecule has 3 aromatic rings. The van der Waals surface area contributed by atoms with E-state index in [1.807, 2.05) is 28.8 Å². The molecule has 106 valence electrons. The summed E-state index contributed by atoms with van der Waals surface area (Å²) in [5, 5.41) is 8.16. The maximum atomic E-state index is 6.08. The molecule has 0 bridgehead atoms. The molecule has 0 unspecified atom stereocenters. The Morgan fingerprint density at radius 1 is 1.29 bits per heavy atom. The molecule has 2 heterocycles. The zero-order chi connectivity index (χ0) is 14.2. The Morgan fingerprint density at radius 3 is 2.95 bits per heavy atom. The van der Waals surface area contributed by atoms with Crippen molar-refractivity contribution in [3.05, 3.63) is 48.5 Å². The maximum absolute atomic E-state index is 6.08. The fourth-order valence-corrected chi connectivity index (χ4v) is 2.57. The lowest BCUT2D eigenvalue weighted by Gasteiger charge is -2.24. The highest BCUT2D eigenvalue weighted by Crippen LogP contribution is 2.34. The van der Waals surface area contributed by atoms with Crippen LogP contribution < -0.4 is 10.6 Å². The number of nitrogen functional groups attached to an aromatic ring is 1. The number of nitrogens with zero attached hydrogens (tertiary/aromatic N) is 5. The Labute approximate surface area is 122 Å². The van der Waals surface area contributed by atoms with Gasteiger partial charge in [-0.05, 0) is 24.5 Å². The summed E-state index contributed by atoms with van der Waals surface area (Å²) in [5.74, 6) is 0.876. The van der Waals surface area contributed by atoms with Crippen molar-refractivity contribution in [3.63, 3.8) is 0 Å². The molecule has 0 radical (unpaired) electrons. The highest BCUT2D eigenvalue weighted by molar-refractivity contribution is 5.65. The molecule has 0 aliphatic heterocycles. The van der Waals surface area contributed by atoms with E-state index in [-0.39, 0.29) is 0 Å². The second-order valence-corrected chi connectivity index (χ2v) is 5.37. The van der Waals surface area contributed by atoms with Crippen LogP contribution in [0.2, 0.25) is 0 Å². The average Bonchev–Trinajstić information content (AvgIpc) is 3.22. The van der Waals surface area contributed by atoms with Crippen molar-refractivity contribution in [1.82, 2.24) is 19.6 Å². The lowest BCUT2D eigenvalue weighted by Crippen LogP contribution is -2.27. The molecule has 1 aliphatic rings. The molecule has 21 heavy (non-hydrogen) atoms. The monoisotopic (exact) mass is 280 g/mol. The molecule has 0 atom stereocenters. The molecule has 0 spiro atoms. The van der Waals surface area contributed by atoms with Gasteiger partial charge in [-0.25, -0.2) is 4.98 Å². The number of benzene rings is 1. The van der Waals surface area contributed by atoms with Crippen molar-refractivity contribution in [3.8, 4) is 0 Å². The van der Waals surface area contributed by atoms with Gasteiger partial charge in [0.15, 0.2) is 5.82 Å². The first-order valence-electron chi connectivity index (χ1n) is 7.07. The summed E-state index contributed by atoms with van der Waals surface area (Å²) >= 11 is 0. The van der Waals surface area contributed by atoms with Crippen LogP contribution in [-0.4, -0.2) is 25.6 Å². The van der Waals surface area contributed by atoms with Gasteiger partial charge >= 0.3 is 0 Å². The molecule has 4 rings (SSSR count). The van der Waals surface area contributed by atoms with E-state index < -0.39 is 0 Å². The lowest BCUT2D eigenvalue weighted by molar-refractivity contribution is 0.778. The second-order valence-electron chi connectivity index (χ2n) is 5.37. The van der Waals surface area contributed by atoms with Crippen molar-refractivity contribution in [2.75, 3.05) is 10.6 Å². The Balaban J connectivity index is 1.75. The lowest BCUT2D eigenvalue weighted by atomic mass is 10.1. The summed E-state index contributed by atoms with van der Waals surface area (Å²) in [6.07, 6.45) is 7.71. The number of fused-ring (bicyclic) bond motifs is 1. The van der Waals surface area contributed by atoms with Crippen LogP contribution >= 0.6 is 0 Å². The van der Waals surface area contributed by atoms with Crippen LogP contribution in [0.3, 0.4) is 0 Å². The van der Waals surface area contributed by atoms with Crippen molar-refractivity contribution >= 4 is 17.2 Å². The van der Waals surface area contributed by atoms with Crippen LogP contribution in [0.1, 0.15) is 18.4 Å². The smallest absolute Gasteiger partial charge is 0.203 e. The summed E-state index contributed by atoms with van der Waals surface area (Å²) in [4.78, 5) is 6.82. The predicted molar refractivity (Wildman–Crippen MR) is 80.8 cm³/mol. The van der Waals surface area contributed by atoms with Crippen LogP contribution in [-0.2, 0) is 6.54 Å². The van der Waals surface area contributed by atoms with Gasteiger partial charge in [-0.3, -0.25) is 4.40 Å². The molecule has 2 aromatic heterocycles. The van der Waals surface area contributed by atoms with E-state index in [4.69, 9.17) is 5.73 Å². The quantitative estimate of drug-likeness (QED) is 0.739. The van der Waals surface area contributed by atoms with Gasteiger partial charge in [0.05, 0.1) is 0 Å². The number of hydrogen-bond donors (Lipinski definition) is 1. The molecule has 1 saturated carbocycles. The minimum absolute atomic E-state index is 0.514. The summed E-state index contributed by atoms with van der Waals surface area (Å²) in [6.45, 7) is 0.747. The van der Waals surface area contributed by atoms with Crippen LogP contribution in [0.4, 0.5) is 11.5 Å². The third kappa shape index (κ3) is 2.18. The summed E-state index contributed by atoms with van der Waals surface area (Å²) < 4.78 is 1.89. The summed E-state index contributed by atoms with van der Waals surface area (Å²) in [7, 11) is 0. The molecule has 1 fully saturated rings. The van der Waals surface area contributed by atoms with Crippen molar-refractivity contribution in [2.45, 2.75) is 25.4 Å². The van der Waals surface area contributed by atoms with Crippen molar-refractivity contribution < 1.29 is 0 Å². The first-order valence-corrected chi connectivity index (χ1v) is 7.07. The van der Waals surface area contributed by atoms with Crippen LogP contribution in [0.5, 0.6) is 0 Å². The predicted octanol–water partition coefficient (Wildman–Crippen LogP) is 1.88. The van der Waals surface area contributed by atoms with E-state index in [1.165, 1.54) is 12.8 Å². The first-order chi connectivity index (χ1) is 10.3. The number of rotatable bonds is 4. The van der Waals surface area contributed by atoms with Gasteiger partial charge in [0, 0.05) is 30.7 Å². The van der Waals surface area contributed by atoms with E-state index >= 15 is 0 Å². The van der Waals surface area contributed by atoms with Gasteiger partial charge in [-0.15, -0.1) is 10.2 Å². The van der Waals surface area contributed by atoms with Gasteiger partial charge in [-0.1, -0.05) is 18.2 Å². The van der Waals surface area contributed by atoms with Gasteiger partial charge in [0.25, 0.3) is 0 Å². The third-order valence-corrected chi connectivity index (χ3v) is 3.85. The fraction of sp³-hybridized carbons (Fsp3) is 0.267. The number of nitrogens with two attached hydrogens (primary N) is 1. The SMILES string of the molecule is Nc1ccccc1CN(c1nccn2cnnc12)C1CC1. The molecular weight excluding hydrogens is 264 g/mol. The van der Waals surface area contributed by atoms with E-state index in [0.29, 0.717) is 6.04 Å². The van der Waals surface area contributed by atoms with Crippen LogP contribution in [0.15, 0.2) is 43.0 Å². The fourth-order valence-electron chi connectivity index (χ4n) is 2.57. The van der Waals surface area contributed by atoms with E-state index in [2.05, 4.69) is 26.1 Å². The zero-order valence-corrected chi connectivity index (χ0v) is 11.6. The Bertz CT molecular complexity index is 776. The summed E-state index contributed by atoms with van der Waals surface area (Å²) in [5.41, 5.74) is 8.81. The topological polar surface area (TPSA) is 72.3 Å². The van der Waals surface area contributed by atoms with Crippen LogP contribution in [0, 0.1) is 0 Å². The Morgan fingerprint density at radius 2 is 2.14 bits per heavy atom. The van der Waals surface area contributed by atoms with Gasteiger partial charge in [0.2, 0.25) is 5.65 Å². The molecule has 0 saturated heterocycles. The van der Waals surface area contributed by atoms with Gasteiger partial charge in [-0.2, -0.15) is 0 Å². The number of hydrogen-bond acceptors (Lipinski definition) is 5. The molecule has 1 aliphatic carbocycles. The number of anilines is 2. The Hall–Kier alpha value is -2.63. The third-order valence-electron chi connectivity index (χ3n) is 3.85. The molecular formula is C15H16N6. The molecule has 1 aromatic carbocycles. The highest BCUT2D eigenvalue weighted by Gasteiger charge is 2.32. The maximum Gasteiger partial charge on any atom is 0.203 e. The standard InChI is InChI=1S/C15H16N6/c16-13-4-2-1-3-11(13)9-21(12-5-6-12)14-15-19-18-10-20(15)8-7-17-14/h1-4,7-8,10,12H,5-6,9,16H2. The van der Waals surface area contributed by atoms with Gasteiger partial charge in [0.1, 0.15) is 6.33 Å². The van der Waals surface area contributed by atoms with E-state index in [1.54, 1.807) is 12.5 Å². The Kier molecular flexibility index (Phi) is 2.73. The molecule has 2 N–H and O–H groups in total. The summed E-state index contributed by atoms with van der Waals surface area (Å²) in [6, 6.07) is 8.49. The number of para-hydroxylation sites is 1. The van der Waals surface area contributed by atoms with E-state index in [9.17, 15) is 0 Å². The average molecular weight is 280 g/mol. The molecule has 6 heteroatoms. The van der Waals surface area contributed by atoms with E-state index in [0.717, 1.165) is 29.3 Å². The highest BCUT2D eigenvalue weighted by atomic mass is 15.3. The first kappa shape index (κ1) is 12.1. The minimum Gasteiger partial charge on any atom is -0.398 e. The molecule has 6 nitrogen and oxygen atoms in total. The van der Waals surface area contributed by atoms with Crippen molar-refractivity contribution in [1.29, 1.82) is 0 Å². The molecule has 0 amide bonds. The van der Waals surface area contributed by atoms with Crippen LogP contribution in [0.25, 0.3) is 5.65 Å². The minimum atomic E-state index is 0.514. The normalized spacial score (nSPS) is 14.5.